The Kier molecular flexibility index (Phi) is 6.03. The van der Waals surface area contributed by atoms with E-state index in [1.165, 1.54) is 6.21 Å². The summed E-state index contributed by atoms with van der Waals surface area (Å²) in [6.07, 6.45) is 1.35. The minimum absolute atomic E-state index is 0.0152. The largest absolute Gasteiger partial charge is 0.507 e. The smallest absolute Gasteiger partial charge is 0.259 e. The van der Waals surface area contributed by atoms with Crippen LogP contribution in [0.5, 0.6) is 11.5 Å². The summed E-state index contributed by atoms with van der Waals surface area (Å²) in [5.41, 5.74) is 5.72. The monoisotopic (exact) mass is 405 g/mol. The fourth-order valence-electron chi connectivity index (χ4n) is 2.27. The van der Waals surface area contributed by atoms with Crippen molar-refractivity contribution in [2.24, 2.45) is 5.10 Å². The van der Waals surface area contributed by atoms with Gasteiger partial charge in [0.05, 0.1) is 17.2 Å². The molecule has 0 saturated carbocycles. The number of nitrogens with zero attached hydrogens (tertiary/aromatic N) is 1. The van der Waals surface area contributed by atoms with E-state index in [1.54, 1.807) is 13.8 Å². The van der Waals surface area contributed by atoms with Crippen LogP contribution in [-0.4, -0.2) is 28.9 Å². The first-order valence-electron chi connectivity index (χ1n) is 7.65. The quantitative estimate of drug-likeness (QED) is 0.453. The lowest BCUT2D eigenvalue weighted by molar-refractivity contribution is -0.119. The number of rotatable bonds is 5. The highest BCUT2D eigenvalue weighted by molar-refractivity contribution is 9.10. The van der Waals surface area contributed by atoms with Crippen LogP contribution in [0.3, 0.4) is 0 Å². The van der Waals surface area contributed by atoms with Gasteiger partial charge in [-0.25, -0.2) is 5.43 Å². The van der Waals surface area contributed by atoms with Crippen molar-refractivity contribution in [1.29, 1.82) is 0 Å². The number of hydrazone groups is 1. The summed E-state index contributed by atoms with van der Waals surface area (Å²) >= 11 is 3.27. The van der Waals surface area contributed by atoms with Crippen molar-refractivity contribution >= 4 is 33.7 Å². The average Bonchev–Trinajstić information content (AvgIpc) is 2.60. The molecule has 132 valence electrons. The van der Waals surface area contributed by atoms with Gasteiger partial charge in [0, 0.05) is 16.8 Å². The van der Waals surface area contributed by atoms with E-state index in [2.05, 4.69) is 31.8 Å². The number of anilines is 1. The van der Waals surface area contributed by atoms with Crippen molar-refractivity contribution in [2.45, 2.75) is 20.8 Å². The lowest BCUT2D eigenvalue weighted by atomic mass is 10.0. The molecule has 0 saturated heterocycles. The van der Waals surface area contributed by atoms with E-state index in [1.807, 2.05) is 31.2 Å². The lowest BCUT2D eigenvalue weighted by Crippen LogP contribution is -2.26. The van der Waals surface area contributed by atoms with Gasteiger partial charge in [-0.2, -0.15) is 5.10 Å². The molecule has 0 atom stereocenters. The lowest BCUT2D eigenvalue weighted by Gasteiger charge is -2.12. The third-order valence-electron chi connectivity index (χ3n) is 3.87. The summed E-state index contributed by atoms with van der Waals surface area (Å²) in [6.45, 7) is 5.35. The molecular formula is C18H20BrN3O3. The molecule has 2 rings (SSSR count). The minimum atomic E-state index is -0.314. The summed E-state index contributed by atoms with van der Waals surface area (Å²) in [4.78, 5) is 11.9. The van der Waals surface area contributed by atoms with Crippen LogP contribution in [0.15, 0.2) is 33.8 Å². The number of nitrogens with one attached hydrogen (secondary N) is 2. The molecule has 7 heteroatoms. The van der Waals surface area contributed by atoms with E-state index >= 15 is 0 Å². The van der Waals surface area contributed by atoms with E-state index in [0.717, 1.165) is 11.3 Å². The topological polar surface area (TPSA) is 94.0 Å². The molecule has 0 unspecified atom stereocenters. The molecule has 0 fully saturated rings. The molecule has 1 amide bonds. The number of amides is 1. The molecule has 6 nitrogen and oxygen atoms in total. The summed E-state index contributed by atoms with van der Waals surface area (Å²) in [5, 5.41) is 26.9. The summed E-state index contributed by atoms with van der Waals surface area (Å²) in [5.74, 6) is -0.404. The van der Waals surface area contributed by atoms with Gasteiger partial charge < -0.3 is 15.5 Å². The van der Waals surface area contributed by atoms with Crippen LogP contribution in [0.1, 0.15) is 22.3 Å². The molecule has 2 aromatic rings. The Morgan fingerprint density at radius 3 is 2.52 bits per heavy atom. The first kappa shape index (κ1) is 18.8. The van der Waals surface area contributed by atoms with Crippen molar-refractivity contribution in [3.63, 3.8) is 0 Å². The highest BCUT2D eigenvalue weighted by Gasteiger charge is 2.16. The molecule has 0 aromatic heterocycles. The minimum Gasteiger partial charge on any atom is -0.507 e. The summed E-state index contributed by atoms with van der Waals surface area (Å²) in [6, 6.07) is 7.67. The van der Waals surface area contributed by atoms with Crippen molar-refractivity contribution in [2.75, 3.05) is 11.9 Å². The number of hydrogen-bond donors (Lipinski definition) is 4. The molecule has 0 heterocycles. The molecule has 0 radical (unpaired) electrons. The second-order valence-electron chi connectivity index (χ2n) is 5.64. The molecule has 4 N–H and O–H groups in total. The maximum Gasteiger partial charge on any atom is 0.259 e. The zero-order valence-electron chi connectivity index (χ0n) is 14.2. The summed E-state index contributed by atoms with van der Waals surface area (Å²) in [7, 11) is 0. The number of phenols is 2. The van der Waals surface area contributed by atoms with Crippen molar-refractivity contribution < 1.29 is 15.0 Å². The SMILES string of the molecule is Cc1ccccc1NCC(=O)N/N=C/c1c(C)c(Br)c(O)c(C)c1O. The maximum absolute atomic E-state index is 11.9. The number of carbonyl (C=O) groups excluding carboxylic acids is 1. The number of aryl methyl sites for hydroxylation is 1. The fraction of sp³-hybridized carbons (Fsp3) is 0.222. The molecule has 0 aliphatic carbocycles. The Balaban J connectivity index is 2.02. The standard InChI is InChI=1S/C18H20BrN3O3/c1-10-6-4-5-7-14(10)20-9-15(23)22-21-8-13-11(2)16(19)18(25)12(3)17(13)24/h4-8,20,24-25H,9H2,1-3H3,(H,22,23)/b21-8+. The van der Waals surface area contributed by atoms with Crippen LogP contribution in [-0.2, 0) is 4.79 Å². The van der Waals surface area contributed by atoms with Crippen LogP contribution < -0.4 is 10.7 Å². The van der Waals surface area contributed by atoms with E-state index in [-0.39, 0.29) is 24.0 Å². The van der Waals surface area contributed by atoms with Gasteiger partial charge in [-0.3, -0.25) is 4.79 Å². The van der Waals surface area contributed by atoms with E-state index < -0.39 is 0 Å². The van der Waals surface area contributed by atoms with Crippen LogP contribution in [0.4, 0.5) is 5.69 Å². The van der Waals surface area contributed by atoms with Crippen molar-refractivity contribution in [3.05, 3.63) is 51.0 Å². The van der Waals surface area contributed by atoms with Crippen LogP contribution in [0, 0.1) is 20.8 Å². The predicted octanol–water partition coefficient (Wildman–Crippen LogP) is 3.35. The van der Waals surface area contributed by atoms with E-state index in [9.17, 15) is 15.0 Å². The Labute approximate surface area is 154 Å². The molecule has 2 aromatic carbocycles. The first-order valence-corrected chi connectivity index (χ1v) is 8.44. The van der Waals surface area contributed by atoms with Gasteiger partial charge in [0.15, 0.2) is 0 Å². The van der Waals surface area contributed by atoms with Gasteiger partial charge in [0.2, 0.25) is 0 Å². The molecule has 0 bridgehead atoms. The van der Waals surface area contributed by atoms with Gasteiger partial charge >= 0.3 is 0 Å². The van der Waals surface area contributed by atoms with Crippen LogP contribution in [0.2, 0.25) is 0 Å². The van der Waals surface area contributed by atoms with E-state index in [0.29, 0.717) is 21.2 Å². The highest BCUT2D eigenvalue weighted by atomic mass is 79.9. The second kappa shape index (κ2) is 8.02. The van der Waals surface area contributed by atoms with Gasteiger partial charge in [-0.05, 0) is 53.9 Å². The zero-order chi connectivity index (χ0) is 18.6. The molecule has 0 spiro atoms. The van der Waals surface area contributed by atoms with Gasteiger partial charge in [0.1, 0.15) is 11.5 Å². The van der Waals surface area contributed by atoms with Gasteiger partial charge in [-0.1, -0.05) is 18.2 Å². The van der Waals surface area contributed by atoms with Crippen LogP contribution >= 0.6 is 15.9 Å². The molecule has 25 heavy (non-hydrogen) atoms. The third kappa shape index (κ3) is 4.30. The molecule has 0 aliphatic heterocycles. The second-order valence-corrected chi connectivity index (χ2v) is 6.43. The number of para-hydroxylation sites is 1. The van der Waals surface area contributed by atoms with Gasteiger partial charge in [0.25, 0.3) is 5.91 Å². The maximum atomic E-state index is 11.9. The first-order chi connectivity index (χ1) is 11.8. The summed E-state index contributed by atoms with van der Waals surface area (Å²) < 4.78 is 0.483. The van der Waals surface area contributed by atoms with Gasteiger partial charge in [-0.15, -0.1) is 0 Å². The molecule has 0 aliphatic rings. The number of benzene rings is 2. The average molecular weight is 406 g/mol. The number of carbonyl (C=O) groups is 1. The van der Waals surface area contributed by atoms with Crippen molar-refractivity contribution in [1.82, 2.24) is 5.43 Å². The predicted molar refractivity (Wildman–Crippen MR) is 102 cm³/mol. The Hall–Kier alpha value is -2.54. The van der Waals surface area contributed by atoms with E-state index in [4.69, 9.17) is 0 Å². The third-order valence-corrected chi connectivity index (χ3v) is 4.84. The zero-order valence-corrected chi connectivity index (χ0v) is 15.8. The normalized spacial score (nSPS) is 10.9. The highest BCUT2D eigenvalue weighted by Crippen LogP contribution is 2.39. The fourth-order valence-corrected chi connectivity index (χ4v) is 2.78. The number of aromatic hydroxyl groups is 2. The Morgan fingerprint density at radius 1 is 1.16 bits per heavy atom. The molecular weight excluding hydrogens is 386 g/mol. The van der Waals surface area contributed by atoms with Crippen molar-refractivity contribution in [3.8, 4) is 11.5 Å². The Bertz CT molecular complexity index is 806. The Morgan fingerprint density at radius 2 is 1.84 bits per heavy atom. The number of hydrogen-bond acceptors (Lipinski definition) is 5. The number of halogens is 1. The van der Waals surface area contributed by atoms with Crippen LogP contribution in [0.25, 0.3) is 0 Å². The number of phenolic OH excluding ortho intramolecular Hbond substituents is 2.